The maximum atomic E-state index is 9.24. The van der Waals surface area contributed by atoms with E-state index in [0.29, 0.717) is 5.75 Å². The fourth-order valence-corrected chi connectivity index (χ4v) is 0.630. The number of aliphatic carboxylic acids is 1. The summed E-state index contributed by atoms with van der Waals surface area (Å²) in [6, 6.07) is 6.84. The first-order valence-corrected chi connectivity index (χ1v) is 3.85. The third-order valence-corrected chi connectivity index (χ3v) is 1.26. The summed E-state index contributed by atoms with van der Waals surface area (Å²) in [5, 5.41) is 16.6. The molecule has 78 valence electrons. The van der Waals surface area contributed by atoms with Crippen LogP contribution in [0.15, 0.2) is 24.3 Å². The first-order chi connectivity index (χ1) is 6.61. The molecule has 4 N–H and O–H groups in total. The highest BCUT2D eigenvalue weighted by Crippen LogP contribution is 2.22. The van der Waals surface area contributed by atoms with Gasteiger partial charge in [0.1, 0.15) is 0 Å². The molecule has 0 aliphatic carbocycles. The van der Waals surface area contributed by atoms with Crippen LogP contribution in [-0.2, 0) is 4.79 Å². The predicted molar refractivity (Wildman–Crippen MR) is 51.3 cm³/mol. The lowest BCUT2D eigenvalue weighted by atomic mass is 10.3. The van der Waals surface area contributed by atoms with E-state index in [9.17, 15) is 4.79 Å². The minimum atomic E-state index is -0.968. The fourth-order valence-electron chi connectivity index (χ4n) is 0.630. The zero-order chi connectivity index (χ0) is 11.0. The lowest BCUT2D eigenvalue weighted by Gasteiger charge is -1.99. The Kier molecular flexibility index (Phi) is 5.89. The zero-order valence-electron chi connectivity index (χ0n) is 7.80. The van der Waals surface area contributed by atoms with Crippen molar-refractivity contribution in [2.45, 2.75) is 0 Å². The average molecular weight is 199 g/mol. The number of methoxy groups -OCH3 is 1. The molecule has 0 amide bonds. The number of carboxylic acids is 1. The van der Waals surface area contributed by atoms with Gasteiger partial charge in [0.2, 0.25) is 0 Å². The molecule has 0 aliphatic rings. The minimum Gasteiger partial charge on any atom is -0.504 e. The van der Waals surface area contributed by atoms with E-state index in [1.54, 1.807) is 24.3 Å². The largest absolute Gasteiger partial charge is 0.504 e. The number of carbonyl (C=O) groups is 1. The van der Waals surface area contributed by atoms with Crippen LogP contribution in [0.4, 0.5) is 0 Å². The molecule has 0 bridgehead atoms. The number of aromatic hydroxyl groups is 1. The Hall–Kier alpha value is -1.75. The second-order valence-electron chi connectivity index (χ2n) is 2.27. The van der Waals surface area contributed by atoms with Crippen LogP contribution >= 0.6 is 0 Å². The number of ether oxygens (including phenoxy) is 1. The van der Waals surface area contributed by atoms with Gasteiger partial charge in [-0.1, -0.05) is 12.1 Å². The van der Waals surface area contributed by atoms with Crippen molar-refractivity contribution in [2.24, 2.45) is 5.73 Å². The van der Waals surface area contributed by atoms with Gasteiger partial charge < -0.3 is 20.7 Å². The van der Waals surface area contributed by atoms with Gasteiger partial charge in [0, 0.05) is 0 Å². The van der Waals surface area contributed by atoms with Crippen molar-refractivity contribution in [2.75, 3.05) is 13.7 Å². The number of hydrogen-bond acceptors (Lipinski definition) is 4. The van der Waals surface area contributed by atoms with Gasteiger partial charge in [0.25, 0.3) is 0 Å². The summed E-state index contributed by atoms with van der Waals surface area (Å²) in [6.45, 7) is -0.278. The van der Waals surface area contributed by atoms with Crippen LogP contribution in [0.25, 0.3) is 0 Å². The van der Waals surface area contributed by atoms with Gasteiger partial charge in [-0.2, -0.15) is 0 Å². The molecule has 0 aromatic heterocycles. The molecule has 0 aliphatic heterocycles. The molecule has 1 rings (SSSR count). The quantitative estimate of drug-likeness (QED) is 0.642. The molecule has 1 aromatic rings. The number of benzene rings is 1. The number of phenolic OH excluding ortho intramolecular Hbond substituents is 1. The van der Waals surface area contributed by atoms with E-state index >= 15 is 0 Å². The number of phenols is 1. The highest BCUT2D eigenvalue weighted by molar-refractivity contribution is 5.68. The lowest BCUT2D eigenvalue weighted by molar-refractivity contribution is -0.135. The van der Waals surface area contributed by atoms with Crippen molar-refractivity contribution >= 4 is 5.97 Å². The van der Waals surface area contributed by atoms with E-state index in [4.69, 9.17) is 14.9 Å². The highest BCUT2D eigenvalue weighted by Gasteiger charge is 1.94. The maximum Gasteiger partial charge on any atom is 0.317 e. The third-order valence-electron chi connectivity index (χ3n) is 1.26. The van der Waals surface area contributed by atoms with Crippen molar-refractivity contribution in [3.63, 3.8) is 0 Å². The molecular weight excluding hydrogens is 186 g/mol. The Balaban J connectivity index is 0.000000292. The van der Waals surface area contributed by atoms with Crippen molar-refractivity contribution in [1.82, 2.24) is 0 Å². The summed E-state index contributed by atoms with van der Waals surface area (Å²) in [5.74, 6) is -0.275. The Labute approximate surface area is 81.7 Å². The normalized spacial score (nSPS) is 8.43. The van der Waals surface area contributed by atoms with Crippen LogP contribution < -0.4 is 10.5 Å². The van der Waals surface area contributed by atoms with Crippen molar-refractivity contribution in [3.05, 3.63) is 24.3 Å². The molecule has 1 aromatic carbocycles. The molecule has 5 heteroatoms. The summed E-state index contributed by atoms with van der Waals surface area (Å²) in [6.07, 6.45) is 0. The molecule has 0 atom stereocenters. The molecule has 5 nitrogen and oxygen atoms in total. The highest BCUT2D eigenvalue weighted by atomic mass is 16.5. The number of rotatable bonds is 2. The number of nitrogens with two attached hydrogens (primary N) is 1. The minimum absolute atomic E-state index is 0.181. The molecule has 0 saturated heterocycles. The zero-order valence-corrected chi connectivity index (χ0v) is 7.80. The summed E-state index contributed by atoms with van der Waals surface area (Å²) in [4.78, 5) is 9.24. The maximum absolute atomic E-state index is 9.24. The van der Waals surface area contributed by atoms with Crippen molar-refractivity contribution < 1.29 is 19.7 Å². The standard InChI is InChI=1S/C7H8O2.C2H5NO2/c1-9-7-5-3-2-4-6(7)8;3-1-2(4)5/h2-5,8H,1H3;1,3H2,(H,4,5). The Morgan fingerprint density at radius 3 is 2.29 bits per heavy atom. The first kappa shape index (κ1) is 12.2. The molecule has 14 heavy (non-hydrogen) atoms. The van der Waals surface area contributed by atoms with E-state index in [1.807, 2.05) is 0 Å². The SMILES string of the molecule is COc1ccccc1O.NCC(=O)O. The van der Waals surface area contributed by atoms with Crippen LogP contribution in [0.5, 0.6) is 11.5 Å². The summed E-state index contributed by atoms with van der Waals surface area (Å²) >= 11 is 0. The van der Waals surface area contributed by atoms with Gasteiger partial charge in [-0.3, -0.25) is 4.79 Å². The molecular formula is C9H13NO4. The van der Waals surface area contributed by atoms with Crippen LogP contribution in [-0.4, -0.2) is 29.8 Å². The van der Waals surface area contributed by atoms with Gasteiger partial charge >= 0.3 is 5.97 Å². The van der Waals surface area contributed by atoms with E-state index in [0.717, 1.165) is 0 Å². The Morgan fingerprint density at radius 1 is 1.50 bits per heavy atom. The fraction of sp³-hybridized carbons (Fsp3) is 0.222. The predicted octanol–water partition coefficient (Wildman–Crippen LogP) is 0.431. The first-order valence-electron chi connectivity index (χ1n) is 3.85. The van der Waals surface area contributed by atoms with Crippen LogP contribution in [0.1, 0.15) is 0 Å². The lowest BCUT2D eigenvalue weighted by Crippen LogP contribution is -2.10. The summed E-state index contributed by atoms with van der Waals surface area (Å²) in [5.41, 5.74) is 4.57. The van der Waals surface area contributed by atoms with Gasteiger partial charge in [-0.15, -0.1) is 0 Å². The molecule has 0 radical (unpaired) electrons. The van der Waals surface area contributed by atoms with Crippen molar-refractivity contribution in [1.29, 1.82) is 0 Å². The number of hydrogen-bond donors (Lipinski definition) is 3. The van der Waals surface area contributed by atoms with Crippen LogP contribution in [0.3, 0.4) is 0 Å². The topological polar surface area (TPSA) is 92.8 Å². The monoisotopic (exact) mass is 199 g/mol. The van der Waals surface area contributed by atoms with E-state index in [2.05, 4.69) is 5.73 Å². The third kappa shape index (κ3) is 5.00. The molecule has 0 spiro atoms. The molecule has 0 unspecified atom stereocenters. The van der Waals surface area contributed by atoms with Gasteiger partial charge in [0.15, 0.2) is 11.5 Å². The second kappa shape index (κ2) is 6.73. The summed E-state index contributed by atoms with van der Waals surface area (Å²) in [7, 11) is 1.52. The van der Waals surface area contributed by atoms with Gasteiger partial charge in [-0.25, -0.2) is 0 Å². The Bertz CT molecular complexity index is 288. The second-order valence-corrected chi connectivity index (χ2v) is 2.27. The average Bonchev–Trinajstić information content (AvgIpc) is 2.19. The van der Waals surface area contributed by atoms with E-state index in [1.165, 1.54) is 7.11 Å². The van der Waals surface area contributed by atoms with Gasteiger partial charge in [-0.05, 0) is 12.1 Å². The van der Waals surface area contributed by atoms with Gasteiger partial charge in [0.05, 0.1) is 13.7 Å². The Morgan fingerprint density at radius 2 is 2.00 bits per heavy atom. The molecule has 0 heterocycles. The molecule has 0 fully saturated rings. The van der Waals surface area contributed by atoms with E-state index in [-0.39, 0.29) is 12.3 Å². The number of para-hydroxylation sites is 2. The van der Waals surface area contributed by atoms with Crippen molar-refractivity contribution in [3.8, 4) is 11.5 Å². The smallest absolute Gasteiger partial charge is 0.317 e. The van der Waals surface area contributed by atoms with Crippen LogP contribution in [0, 0.1) is 0 Å². The number of carboxylic acid groups (broad SMARTS) is 1. The van der Waals surface area contributed by atoms with Crippen LogP contribution in [0.2, 0.25) is 0 Å². The van der Waals surface area contributed by atoms with E-state index < -0.39 is 5.97 Å². The molecule has 0 saturated carbocycles. The summed E-state index contributed by atoms with van der Waals surface area (Å²) < 4.78 is 4.79.